The highest BCUT2D eigenvalue weighted by molar-refractivity contribution is 5.32. The van der Waals surface area contributed by atoms with E-state index in [9.17, 15) is 0 Å². The molecule has 0 spiro atoms. The molecule has 3 rings (SSSR count). The summed E-state index contributed by atoms with van der Waals surface area (Å²) in [6, 6.07) is 9.05. The van der Waals surface area contributed by atoms with Gasteiger partial charge in [0.1, 0.15) is 5.82 Å². The van der Waals surface area contributed by atoms with Gasteiger partial charge in [-0.05, 0) is 51.3 Å². The lowest BCUT2D eigenvalue weighted by Gasteiger charge is -2.24. The summed E-state index contributed by atoms with van der Waals surface area (Å²) < 4.78 is 0. The first-order valence-corrected chi connectivity index (χ1v) is 7.76. The molecule has 3 nitrogen and oxygen atoms in total. The van der Waals surface area contributed by atoms with Crippen LogP contribution in [-0.2, 0) is 12.8 Å². The molecule has 1 aliphatic carbocycles. The zero-order valence-corrected chi connectivity index (χ0v) is 13.1. The van der Waals surface area contributed by atoms with Gasteiger partial charge in [0.2, 0.25) is 0 Å². The first kappa shape index (κ1) is 14.2. The maximum absolute atomic E-state index is 4.79. The smallest absolute Gasteiger partial charge is 0.131 e. The lowest BCUT2D eigenvalue weighted by molar-refractivity contribution is 0.548. The average molecular weight is 281 g/mol. The molecule has 1 aromatic heterocycles. The SMILES string of the molecule is CNC(C)c1cnc(C2CCc3ccccc3C2)nc1C. The van der Waals surface area contributed by atoms with Crippen LogP contribution < -0.4 is 5.32 Å². The summed E-state index contributed by atoms with van der Waals surface area (Å²) in [6.45, 7) is 4.23. The number of hydrogen-bond acceptors (Lipinski definition) is 3. The normalized spacial score (nSPS) is 19.1. The van der Waals surface area contributed by atoms with E-state index in [1.165, 1.54) is 16.7 Å². The van der Waals surface area contributed by atoms with E-state index in [1.807, 2.05) is 13.2 Å². The Morgan fingerprint density at radius 3 is 2.71 bits per heavy atom. The summed E-state index contributed by atoms with van der Waals surface area (Å²) >= 11 is 0. The second kappa shape index (κ2) is 5.94. The van der Waals surface area contributed by atoms with Crippen LogP contribution in [0.2, 0.25) is 0 Å². The zero-order chi connectivity index (χ0) is 14.8. The van der Waals surface area contributed by atoms with E-state index in [2.05, 4.69) is 48.4 Å². The van der Waals surface area contributed by atoms with Crippen LogP contribution in [0.1, 0.15) is 53.5 Å². The van der Waals surface area contributed by atoms with Crippen molar-refractivity contribution < 1.29 is 0 Å². The van der Waals surface area contributed by atoms with E-state index in [-0.39, 0.29) is 0 Å². The summed E-state index contributed by atoms with van der Waals surface area (Å²) in [7, 11) is 1.97. The molecule has 0 saturated carbocycles. The van der Waals surface area contributed by atoms with Gasteiger partial charge >= 0.3 is 0 Å². The third kappa shape index (κ3) is 2.84. The van der Waals surface area contributed by atoms with Gasteiger partial charge in [0, 0.05) is 29.4 Å². The summed E-state index contributed by atoms with van der Waals surface area (Å²) in [5.41, 5.74) is 5.24. The van der Waals surface area contributed by atoms with E-state index >= 15 is 0 Å². The fraction of sp³-hybridized carbons (Fsp3) is 0.444. The number of benzene rings is 1. The van der Waals surface area contributed by atoms with E-state index in [1.54, 1.807) is 0 Å². The molecule has 0 bridgehead atoms. The number of aryl methyl sites for hydroxylation is 2. The van der Waals surface area contributed by atoms with Gasteiger partial charge in [-0.1, -0.05) is 24.3 Å². The topological polar surface area (TPSA) is 37.8 Å². The molecule has 1 N–H and O–H groups in total. The zero-order valence-electron chi connectivity index (χ0n) is 13.1. The molecule has 0 radical (unpaired) electrons. The second-order valence-corrected chi connectivity index (χ2v) is 5.99. The highest BCUT2D eigenvalue weighted by atomic mass is 14.9. The number of nitrogens with zero attached hydrogens (tertiary/aromatic N) is 2. The number of rotatable bonds is 3. The van der Waals surface area contributed by atoms with Gasteiger partial charge in [-0.15, -0.1) is 0 Å². The van der Waals surface area contributed by atoms with Crippen molar-refractivity contribution in [3.8, 4) is 0 Å². The van der Waals surface area contributed by atoms with Crippen molar-refractivity contribution in [2.24, 2.45) is 0 Å². The van der Waals surface area contributed by atoms with Crippen molar-refractivity contribution in [2.45, 2.75) is 45.1 Å². The summed E-state index contributed by atoms with van der Waals surface area (Å²) in [5.74, 6) is 1.46. The fourth-order valence-corrected chi connectivity index (χ4v) is 3.19. The van der Waals surface area contributed by atoms with Crippen molar-refractivity contribution in [3.05, 3.63) is 58.7 Å². The van der Waals surface area contributed by atoms with E-state index in [0.717, 1.165) is 30.8 Å². The summed E-state index contributed by atoms with van der Waals surface area (Å²) in [5, 5.41) is 3.25. The molecule has 0 aliphatic heterocycles. The molecule has 0 amide bonds. The van der Waals surface area contributed by atoms with Crippen LogP contribution in [0, 0.1) is 6.92 Å². The summed E-state index contributed by atoms with van der Waals surface area (Å²) in [4.78, 5) is 9.44. The first-order chi connectivity index (χ1) is 10.2. The Morgan fingerprint density at radius 2 is 2.00 bits per heavy atom. The molecule has 3 heteroatoms. The van der Waals surface area contributed by atoms with Gasteiger partial charge in [0.25, 0.3) is 0 Å². The Balaban J connectivity index is 1.84. The van der Waals surface area contributed by atoms with Crippen molar-refractivity contribution in [2.75, 3.05) is 7.05 Å². The number of nitrogens with one attached hydrogen (secondary N) is 1. The number of fused-ring (bicyclic) bond motifs is 1. The highest BCUT2D eigenvalue weighted by Crippen LogP contribution is 2.31. The average Bonchev–Trinajstić information content (AvgIpc) is 2.53. The monoisotopic (exact) mass is 281 g/mol. The van der Waals surface area contributed by atoms with Gasteiger partial charge in [-0.25, -0.2) is 9.97 Å². The molecular formula is C18H23N3. The Morgan fingerprint density at radius 1 is 1.24 bits per heavy atom. The van der Waals surface area contributed by atoms with Crippen molar-refractivity contribution in [3.63, 3.8) is 0 Å². The molecule has 1 aromatic carbocycles. The van der Waals surface area contributed by atoms with Crippen molar-refractivity contribution in [1.29, 1.82) is 0 Å². The predicted octanol–water partition coefficient (Wildman–Crippen LogP) is 3.34. The molecule has 0 fully saturated rings. The predicted molar refractivity (Wildman–Crippen MR) is 85.5 cm³/mol. The fourth-order valence-electron chi connectivity index (χ4n) is 3.19. The van der Waals surface area contributed by atoms with Gasteiger partial charge in [-0.3, -0.25) is 0 Å². The number of aromatic nitrogens is 2. The van der Waals surface area contributed by atoms with Crippen LogP contribution in [0.25, 0.3) is 0 Å². The molecule has 110 valence electrons. The molecule has 21 heavy (non-hydrogen) atoms. The maximum atomic E-state index is 4.79. The molecule has 1 aliphatic rings. The Hall–Kier alpha value is -1.74. The quantitative estimate of drug-likeness (QED) is 0.937. The Kier molecular flexibility index (Phi) is 4.02. The minimum absolute atomic E-state index is 0.297. The largest absolute Gasteiger partial charge is 0.313 e. The maximum Gasteiger partial charge on any atom is 0.131 e. The molecule has 1 heterocycles. The van der Waals surface area contributed by atoms with Crippen LogP contribution in [0.5, 0.6) is 0 Å². The van der Waals surface area contributed by atoms with Crippen LogP contribution in [0.15, 0.2) is 30.5 Å². The second-order valence-electron chi connectivity index (χ2n) is 5.99. The minimum Gasteiger partial charge on any atom is -0.313 e. The molecular weight excluding hydrogens is 258 g/mol. The lowest BCUT2D eigenvalue weighted by atomic mass is 9.83. The molecule has 2 atom stereocenters. The third-order valence-corrected chi connectivity index (χ3v) is 4.65. The molecule has 2 aromatic rings. The molecule has 0 saturated heterocycles. The third-order valence-electron chi connectivity index (χ3n) is 4.65. The van der Waals surface area contributed by atoms with E-state index in [4.69, 9.17) is 4.98 Å². The van der Waals surface area contributed by atoms with Gasteiger partial charge in [0.15, 0.2) is 0 Å². The Labute approximate surface area is 126 Å². The van der Waals surface area contributed by atoms with Gasteiger partial charge < -0.3 is 5.32 Å². The van der Waals surface area contributed by atoms with Gasteiger partial charge in [-0.2, -0.15) is 0 Å². The number of hydrogen-bond donors (Lipinski definition) is 1. The van der Waals surface area contributed by atoms with Gasteiger partial charge in [0.05, 0.1) is 0 Å². The highest BCUT2D eigenvalue weighted by Gasteiger charge is 2.22. The standard InChI is InChI=1S/C18H23N3/c1-12(19-3)17-11-20-18(21-13(17)2)16-9-8-14-6-4-5-7-15(14)10-16/h4-7,11-12,16,19H,8-10H2,1-3H3. The summed E-state index contributed by atoms with van der Waals surface area (Å²) in [6.07, 6.45) is 5.35. The van der Waals surface area contributed by atoms with Crippen LogP contribution in [-0.4, -0.2) is 17.0 Å². The van der Waals surface area contributed by atoms with Crippen molar-refractivity contribution >= 4 is 0 Å². The van der Waals surface area contributed by atoms with E-state index < -0.39 is 0 Å². The van der Waals surface area contributed by atoms with Crippen molar-refractivity contribution in [1.82, 2.24) is 15.3 Å². The first-order valence-electron chi connectivity index (χ1n) is 7.76. The molecule has 2 unspecified atom stereocenters. The van der Waals surface area contributed by atoms with Crippen LogP contribution in [0.4, 0.5) is 0 Å². The minimum atomic E-state index is 0.297. The van der Waals surface area contributed by atoms with Crippen LogP contribution >= 0.6 is 0 Å². The Bertz CT molecular complexity index is 636. The van der Waals surface area contributed by atoms with Crippen LogP contribution in [0.3, 0.4) is 0 Å². The lowest BCUT2D eigenvalue weighted by Crippen LogP contribution is -2.18. The van der Waals surface area contributed by atoms with E-state index in [0.29, 0.717) is 12.0 Å².